The van der Waals surface area contributed by atoms with Gasteiger partial charge in [0.05, 0.1) is 6.07 Å². The van der Waals surface area contributed by atoms with E-state index in [0.717, 1.165) is 43.6 Å². The summed E-state index contributed by atoms with van der Waals surface area (Å²) in [6, 6.07) is 7.26. The van der Waals surface area contributed by atoms with E-state index >= 15 is 0 Å². The van der Waals surface area contributed by atoms with Crippen LogP contribution < -0.4 is 10.6 Å². The van der Waals surface area contributed by atoms with Gasteiger partial charge in [0.25, 0.3) is 0 Å². The van der Waals surface area contributed by atoms with E-state index in [2.05, 4.69) is 55.7 Å². The van der Waals surface area contributed by atoms with Crippen LogP contribution in [0.1, 0.15) is 51.6 Å². The van der Waals surface area contributed by atoms with Gasteiger partial charge in [-0.1, -0.05) is 13.8 Å². The van der Waals surface area contributed by atoms with Crippen LogP contribution in [0.2, 0.25) is 0 Å². The Bertz CT molecular complexity index is 1030. The van der Waals surface area contributed by atoms with Crippen molar-refractivity contribution in [2.75, 3.05) is 17.2 Å². The molecule has 1 saturated heterocycles. The Morgan fingerprint density at radius 3 is 2.61 bits per heavy atom. The monoisotopic (exact) mass is 422 g/mol. The highest BCUT2D eigenvalue weighted by molar-refractivity contribution is 5.60. The Morgan fingerprint density at radius 2 is 1.97 bits per heavy atom. The second-order valence-electron chi connectivity index (χ2n) is 8.14. The molecule has 0 amide bonds. The van der Waals surface area contributed by atoms with Crippen molar-refractivity contribution < 1.29 is 0 Å². The van der Waals surface area contributed by atoms with Crippen LogP contribution in [0.5, 0.6) is 0 Å². The summed E-state index contributed by atoms with van der Waals surface area (Å²) in [6.45, 7) is 7.25. The number of aryl methyl sites for hydroxylation is 1. The van der Waals surface area contributed by atoms with Crippen LogP contribution in [0.25, 0.3) is 5.65 Å². The number of nitrogens with zero attached hydrogens (tertiary/aromatic N) is 7. The van der Waals surface area contributed by atoms with Crippen molar-refractivity contribution in [3.8, 4) is 6.07 Å². The predicted molar refractivity (Wildman–Crippen MR) is 119 cm³/mol. The van der Waals surface area contributed by atoms with Gasteiger partial charge in [0.2, 0.25) is 5.95 Å². The molecule has 0 saturated carbocycles. The number of hydrogen-bond acceptors (Lipinski definition) is 8. The van der Waals surface area contributed by atoms with Gasteiger partial charge in [-0.05, 0) is 32.6 Å². The van der Waals surface area contributed by atoms with Crippen LogP contribution in [0, 0.1) is 18.3 Å². The molecule has 4 rings (SSSR count). The highest BCUT2D eigenvalue weighted by atomic mass is 15.4. The Morgan fingerprint density at radius 1 is 1.19 bits per heavy atom. The van der Waals surface area contributed by atoms with Gasteiger partial charge >= 0.3 is 0 Å². The third-order valence-corrected chi connectivity index (χ3v) is 6.04. The van der Waals surface area contributed by atoms with Crippen molar-refractivity contribution in [1.82, 2.24) is 34.7 Å². The lowest BCUT2D eigenvalue weighted by Crippen LogP contribution is -2.52. The standard InChI is InChI=1S/C21H30N10/c1-4-16-10-15(11-17(5-2)30(16)8-6-7-22)25-21-27-18(12-20-23-13-24-31(20)21)26-19-9-14(3)28-29-19/h9,12-13,15-17H,4-6,8,10-11H2,1-3H3,(H,25,27)(H2,26,28,29). The third kappa shape index (κ3) is 4.61. The molecule has 164 valence electrons. The fourth-order valence-electron chi connectivity index (χ4n) is 4.57. The minimum Gasteiger partial charge on any atom is -0.351 e. The lowest BCUT2D eigenvalue weighted by atomic mass is 9.88. The first-order chi connectivity index (χ1) is 15.1. The lowest BCUT2D eigenvalue weighted by Gasteiger charge is -2.45. The van der Waals surface area contributed by atoms with E-state index in [9.17, 15) is 0 Å². The molecule has 3 aromatic heterocycles. The average molecular weight is 423 g/mol. The number of aromatic nitrogens is 6. The lowest BCUT2D eigenvalue weighted by molar-refractivity contribution is 0.0733. The van der Waals surface area contributed by atoms with Gasteiger partial charge in [0.1, 0.15) is 12.1 Å². The smallest absolute Gasteiger partial charge is 0.228 e. The van der Waals surface area contributed by atoms with Crippen LogP contribution in [0.15, 0.2) is 18.5 Å². The summed E-state index contributed by atoms with van der Waals surface area (Å²) in [6.07, 6.45) is 6.25. The normalized spacial score (nSPS) is 21.8. The summed E-state index contributed by atoms with van der Waals surface area (Å²) in [5.74, 6) is 2.05. The molecule has 2 atom stereocenters. The van der Waals surface area contributed by atoms with E-state index in [-0.39, 0.29) is 6.04 Å². The molecule has 0 bridgehead atoms. The number of hydrogen-bond donors (Lipinski definition) is 3. The molecule has 10 nitrogen and oxygen atoms in total. The largest absolute Gasteiger partial charge is 0.351 e. The quantitative estimate of drug-likeness (QED) is 0.505. The zero-order valence-electron chi connectivity index (χ0n) is 18.3. The molecule has 0 radical (unpaired) electrons. The van der Waals surface area contributed by atoms with Crippen molar-refractivity contribution >= 4 is 23.2 Å². The minimum atomic E-state index is 0.274. The van der Waals surface area contributed by atoms with Crippen molar-refractivity contribution in [1.29, 1.82) is 5.26 Å². The number of anilines is 3. The number of nitriles is 1. The van der Waals surface area contributed by atoms with Gasteiger partial charge in [-0.25, -0.2) is 4.98 Å². The molecule has 2 unspecified atom stereocenters. The zero-order chi connectivity index (χ0) is 21.8. The molecule has 0 spiro atoms. The summed E-state index contributed by atoms with van der Waals surface area (Å²) < 4.78 is 1.74. The molecule has 3 aromatic rings. The van der Waals surface area contributed by atoms with Crippen molar-refractivity contribution in [2.45, 2.75) is 71.0 Å². The average Bonchev–Trinajstić information content (AvgIpc) is 3.41. The Balaban J connectivity index is 1.56. The van der Waals surface area contributed by atoms with Crippen molar-refractivity contribution in [3.63, 3.8) is 0 Å². The molecule has 1 fully saturated rings. The minimum absolute atomic E-state index is 0.274. The first-order valence-corrected chi connectivity index (χ1v) is 11.0. The van der Waals surface area contributed by atoms with Gasteiger partial charge in [0.15, 0.2) is 11.5 Å². The molecule has 0 aromatic carbocycles. The van der Waals surface area contributed by atoms with Crippen LogP contribution in [-0.4, -0.2) is 59.3 Å². The molecule has 31 heavy (non-hydrogen) atoms. The third-order valence-electron chi connectivity index (χ3n) is 6.04. The van der Waals surface area contributed by atoms with Gasteiger partial charge < -0.3 is 10.6 Å². The topological polar surface area (TPSA) is 123 Å². The highest BCUT2D eigenvalue weighted by Gasteiger charge is 2.34. The summed E-state index contributed by atoms with van der Waals surface area (Å²) >= 11 is 0. The number of nitrogens with one attached hydrogen (secondary N) is 3. The Kier molecular flexibility index (Phi) is 6.32. The molecule has 3 N–H and O–H groups in total. The highest BCUT2D eigenvalue weighted by Crippen LogP contribution is 2.29. The summed E-state index contributed by atoms with van der Waals surface area (Å²) in [4.78, 5) is 11.6. The molecular formula is C21H30N10. The van der Waals surface area contributed by atoms with Gasteiger partial charge in [-0.15, -0.1) is 0 Å². The summed E-state index contributed by atoms with van der Waals surface area (Å²) in [7, 11) is 0. The number of rotatable bonds is 8. The summed E-state index contributed by atoms with van der Waals surface area (Å²) in [5.41, 5.74) is 1.70. The second-order valence-corrected chi connectivity index (χ2v) is 8.14. The zero-order valence-corrected chi connectivity index (χ0v) is 18.3. The van der Waals surface area contributed by atoms with Crippen LogP contribution in [0.4, 0.5) is 17.6 Å². The van der Waals surface area contributed by atoms with Crippen LogP contribution in [-0.2, 0) is 0 Å². The maximum atomic E-state index is 9.05. The fourth-order valence-corrected chi connectivity index (χ4v) is 4.57. The molecular weight excluding hydrogens is 392 g/mol. The van der Waals surface area contributed by atoms with Crippen LogP contribution >= 0.6 is 0 Å². The van der Waals surface area contributed by atoms with E-state index < -0.39 is 0 Å². The number of fused-ring (bicyclic) bond motifs is 1. The van der Waals surface area contributed by atoms with Gasteiger partial charge in [-0.3, -0.25) is 10.00 Å². The van der Waals surface area contributed by atoms with Crippen LogP contribution in [0.3, 0.4) is 0 Å². The molecule has 1 aliphatic heterocycles. The molecule has 0 aliphatic carbocycles. The Labute approximate surface area is 182 Å². The summed E-state index contributed by atoms with van der Waals surface area (Å²) in [5, 5.41) is 27.4. The first kappa shape index (κ1) is 21.1. The van der Waals surface area contributed by atoms with Gasteiger partial charge in [-0.2, -0.15) is 25.0 Å². The Hall–Kier alpha value is -3.19. The second kappa shape index (κ2) is 9.31. The number of piperidine rings is 1. The fraction of sp³-hybridized carbons (Fsp3) is 0.571. The van der Waals surface area contributed by atoms with E-state index in [1.165, 1.54) is 0 Å². The molecule has 10 heteroatoms. The maximum absolute atomic E-state index is 9.05. The number of H-pyrrole nitrogens is 1. The predicted octanol–water partition coefficient (Wildman–Crippen LogP) is 3.25. The van der Waals surface area contributed by atoms with E-state index in [1.54, 1.807) is 10.8 Å². The molecule has 1 aliphatic rings. The van der Waals surface area contributed by atoms with Crippen molar-refractivity contribution in [3.05, 3.63) is 24.2 Å². The number of likely N-dealkylation sites (tertiary alicyclic amines) is 1. The SMILES string of the molecule is CCC1CC(Nc2nc(Nc3cc(C)[nH]n3)cc3ncnn23)CC(CC)N1CCC#N. The molecule has 4 heterocycles. The van der Waals surface area contributed by atoms with E-state index in [4.69, 9.17) is 10.2 Å². The van der Waals surface area contributed by atoms with E-state index in [0.29, 0.717) is 36.1 Å². The van der Waals surface area contributed by atoms with Gasteiger partial charge in [0, 0.05) is 48.9 Å². The first-order valence-electron chi connectivity index (χ1n) is 11.0. The number of aromatic amines is 1. The van der Waals surface area contributed by atoms with Crippen molar-refractivity contribution in [2.24, 2.45) is 0 Å². The maximum Gasteiger partial charge on any atom is 0.228 e. The van der Waals surface area contributed by atoms with E-state index in [1.807, 2.05) is 19.1 Å².